The first-order chi connectivity index (χ1) is 11.7. The molecule has 25 heavy (non-hydrogen) atoms. The van der Waals surface area contributed by atoms with Gasteiger partial charge in [-0.3, -0.25) is 14.4 Å². The minimum absolute atomic E-state index is 0.158. The Balaban J connectivity index is 2.17. The topological polar surface area (TPSA) is 92.5 Å². The summed E-state index contributed by atoms with van der Waals surface area (Å²) < 4.78 is 1.13. The summed E-state index contributed by atoms with van der Waals surface area (Å²) >= 11 is 0. The summed E-state index contributed by atoms with van der Waals surface area (Å²) in [6.45, 7) is 6.10. The average molecular weight is 347 g/mol. The van der Waals surface area contributed by atoms with E-state index in [1.165, 1.54) is 6.07 Å². The van der Waals surface area contributed by atoms with Crippen LogP contribution in [-0.2, 0) is 16.1 Å². The molecule has 0 saturated carbocycles. The number of aliphatic carboxylic acids is 1. The van der Waals surface area contributed by atoms with Gasteiger partial charge in [-0.2, -0.15) is 5.10 Å². The highest BCUT2D eigenvalue weighted by Crippen LogP contribution is 2.35. The Bertz CT molecular complexity index is 749. The monoisotopic (exact) mass is 347 g/mol. The summed E-state index contributed by atoms with van der Waals surface area (Å²) in [6, 6.07) is 2.97. The van der Waals surface area contributed by atoms with Gasteiger partial charge < -0.3 is 10.0 Å². The maximum atomic E-state index is 12.6. The molecule has 1 N–H and O–H groups in total. The normalized spacial score (nSPS) is 20.2. The lowest BCUT2D eigenvalue weighted by Gasteiger charge is -2.39. The van der Waals surface area contributed by atoms with Crippen LogP contribution in [0.15, 0.2) is 28.6 Å². The summed E-state index contributed by atoms with van der Waals surface area (Å²) in [5.74, 6) is -1.16. The average Bonchev–Trinajstić information content (AvgIpc) is 2.56. The molecule has 0 bridgehead atoms. The van der Waals surface area contributed by atoms with E-state index >= 15 is 0 Å². The highest BCUT2D eigenvalue weighted by molar-refractivity contribution is 5.79. The highest BCUT2D eigenvalue weighted by atomic mass is 16.4. The molecule has 0 radical (unpaired) electrons. The SMILES string of the molecule is CC(C)=CCC1(C(=O)O)CCCN(C(=O)Cn2nc(C)ccc2=O)C1. The molecule has 2 rings (SSSR count). The fraction of sp³-hybridized carbons (Fsp3) is 0.556. The zero-order valence-corrected chi connectivity index (χ0v) is 15.0. The third-order valence-electron chi connectivity index (χ3n) is 4.57. The third kappa shape index (κ3) is 4.55. The van der Waals surface area contributed by atoms with Crippen LogP contribution in [0.4, 0.5) is 0 Å². The maximum absolute atomic E-state index is 12.6. The van der Waals surface area contributed by atoms with E-state index in [9.17, 15) is 19.5 Å². The number of hydrogen-bond donors (Lipinski definition) is 1. The molecule has 7 nitrogen and oxygen atoms in total. The number of amides is 1. The van der Waals surface area contributed by atoms with Crippen molar-refractivity contribution in [1.82, 2.24) is 14.7 Å². The number of piperidine rings is 1. The van der Waals surface area contributed by atoms with Crippen LogP contribution in [0.1, 0.15) is 38.8 Å². The molecule has 0 aromatic carbocycles. The zero-order valence-electron chi connectivity index (χ0n) is 15.0. The lowest BCUT2D eigenvalue weighted by atomic mass is 9.76. The summed E-state index contributed by atoms with van der Waals surface area (Å²) in [4.78, 5) is 37.9. The smallest absolute Gasteiger partial charge is 0.311 e. The van der Waals surface area contributed by atoms with E-state index in [1.54, 1.807) is 17.9 Å². The Kier molecular flexibility index (Phi) is 5.77. The van der Waals surface area contributed by atoms with Gasteiger partial charge in [-0.1, -0.05) is 11.6 Å². The second-order valence-electron chi connectivity index (χ2n) is 6.96. The van der Waals surface area contributed by atoms with Crippen molar-refractivity contribution >= 4 is 11.9 Å². The molecule has 1 unspecified atom stereocenters. The van der Waals surface area contributed by atoms with Crippen molar-refractivity contribution in [2.24, 2.45) is 5.41 Å². The summed E-state index contributed by atoms with van der Waals surface area (Å²) in [5, 5.41) is 13.8. The molecule has 2 heterocycles. The van der Waals surface area contributed by atoms with Crippen LogP contribution in [0.5, 0.6) is 0 Å². The van der Waals surface area contributed by atoms with Crippen LogP contribution in [0.2, 0.25) is 0 Å². The predicted octanol–water partition coefficient (Wildman–Crippen LogP) is 1.60. The van der Waals surface area contributed by atoms with Gasteiger partial charge in [0, 0.05) is 19.2 Å². The molecular weight excluding hydrogens is 322 g/mol. The van der Waals surface area contributed by atoms with Crippen LogP contribution in [0.25, 0.3) is 0 Å². The number of aromatic nitrogens is 2. The number of allylic oxidation sites excluding steroid dienone is 2. The molecule has 0 spiro atoms. The van der Waals surface area contributed by atoms with Crippen molar-refractivity contribution in [3.05, 3.63) is 39.8 Å². The number of nitrogens with zero attached hydrogens (tertiary/aromatic N) is 3. The largest absolute Gasteiger partial charge is 0.481 e. The van der Waals surface area contributed by atoms with Gasteiger partial charge in [-0.15, -0.1) is 0 Å². The number of carboxylic acids is 1. The van der Waals surface area contributed by atoms with Crippen molar-refractivity contribution in [3.8, 4) is 0 Å². The minimum atomic E-state index is -0.962. The number of rotatable bonds is 5. The Morgan fingerprint density at radius 3 is 2.72 bits per heavy atom. The Morgan fingerprint density at radius 2 is 2.08 bits per heavy atom. The standard InChI is InChI=1S/C18H25N3O4/c1-13(2)7-9-18(17(24)25)8-4-10-20(12-18)16(23)11-21-15(22)6-5-14(3)19-21/h5-7H,4,8-12H2,1-3H3,(H,24,25). The molecule has 1 aromatic heterocycles. The molecule has 136 valence electrons. The van der Waals surface area contributed by atoms with E-state index < -0.39 is 11.4 Å². The summed E-state index contributed by atoms with van der Waals surface area (Å²) in [5.41, 5.74) is 0.398. The summed E-state index contributed by atoms with van der Waals surface area (Å²) in [6.07, 6.45) is 3.48. The Labute approximate surface area is 147 Å². The van der Waals surface area contributed by atoms with E-state index in [1.807, 2.05) is 19.9 Å². The molecular formula is C18H25N3O4. The van der Waals surface area contributed by atoms with Gasteiger partial charge >= 0.3 is 5.97 Å². The van der Waals surface area contributed by atoms with Gasteiger partial charge in [0.2, 0.25) is 5.91 Å². The van der Waals surface area contributed by atoms with Crippen molar-refractivity contribution in [2.75, 3.05) is 13.1 Å². The molecule has 7 heteroatoms. The van der Waals surface area contributed by atoms with Crippen molar-refractivity contribution in [1.29, 1.82) is 0 Å². The molecule has 1 aromatic rings. The van der Waals surface area contributed by atoms with E-state index in [4.69, 9.17) is 0 Å². The van der Waals surface area contributed by atoms with Crippen molar-refractivity contribution in [2.45, 2.75) is 46.6 Å². The Morgan fingerprint density at radius 1 is 1.36 bits per heavy atom. The van der Waals surface area contributed by atoms with Crippen LogP contribution in [0.3, 0.4) is 0 Å². The van der Waals surface area contributed by atoms with E-state index in [-0.39, 0.29) is 24.6 Å². The zero-order chi connectivity index (χ0) is 18.6. The number of carboxylic acid groups (broad SMARTS) is 1. The number of likely N-dealkylation sites (tertiary alicyclic amines) is 1. The third-order valence-corrected chi connectivity index (χ3v) is 4.57. The maximum Gasteiger partial charge on any atom is 0.311 e. The van der Waals surface area contributed by atoms with Gasteiger partial charge in [0.05, 0.1) is 11.1 Å². The fourth-order valence-corrected chi connectivity index (χ4v) is 3.06. The van der Waals surface area contributed by atoms with Crippen LogP contribution in [0, 0.1) is 12.3 Å². The van der Waals surface area contributed by atoms with Gasteiger partial charge in [0.15, 0.2) is 0 Å². The molecule has 1 fully saturated rings. The summed E-state index contributed by atoms with van der Waals surface area (Å²) in [7, 11) is 0. The number of carbonyl (C=O) groups is 2. The molecule has 1 amide bonds. The van der Waals surface area contributed by atoms with Gasteiger partial charge in [-0.25, -0.2) is 4.68 Å². The van der Waals surface area contributed by atoms with E-state index in [2.05, 4.69) is 5.10 Å². The molecule has 1 atom stereocenters. The van der Waals surface area contributed by atoms with E-state index in [0.717, 1.165) is 10.3 Å². The Hall–Kier alpha value is -2.44. The van der Waals surface area contributed by atoms with Crippen LogP contribution < -0.4 is 5.56 Å². The van der Waals surface area contributed by atoms with Crippen LogP contribution in [-0.4, -0.2) is 44.8 Å². The predicted molar refractivity (Wildman–Crippen MR) is 93.2 cm³/mol. The molecule has 1 aliphatic rings. The first-order valence-corrected chi connectivity index (χ1v) is 8.43. The lowest BCUT2D eigenvalue weighted by molar-refractivity contribution is -0.154. The number of hydrogen-bond acceptors (Lipinski definition) is 4. The van der Waals surface area contributed by atoms with Gasteiger partial charge in [-0.05, 0) is 46.1 Å². The van der Waals surface area contributed by atoms with Crippen molar-refractivity contribution in [3.63, 3.8) is 0 Å². The van der Waals surface area contributed by atoms with Gasteiger partial charge in [0.1, 0.15) is 6.54 Å². The van der Waals surface area contributed by atoms with Crippen molar-refractivity contribution < 1.29 is 14.7 Å². The number of aryl methyl sites for hydroxylation is 1. The first kappa shape index (κ1) is 18.9. The second kappa shape index (κ2) is 7.63. The fourth-order valence-electron chi connectivity index (χ4n) is 3.06. The van der Waals surface area contributed by atoms with Crippen LogP contribution >= 0.6 is 0 Å². The quantitative estimate of drug-likeness (QED) is 0.817. The van der Waals surface area contributed by atoms with Gasteiger partial charge in [0.25, 0.3) is 5.56 Å². The highest BCUT2D eigenvalue weighted by Gasteiger charge is 2.42. The minimum Gasteiger partial charge on any atom is -0.481 e. The second-order valence-corrected chi connectivity index (χ2v) is 6.96. The molecule has 1 saturated heterocycles. The lowest BCUT2D eigenvalue weighted by Crippen LogP contribution is -2.51. The van der Waals surface area contributed by atoms with E-state index in [0.29, 0.717) is 31.5 Å². The molecule has 1 aliphatic heterocycles. The molecule has 0 aliphatic carbocycles. The number of carbonyl (C=O) groups excluding carboxylic acids is 1. The first-order valence-electron chi connectivity index (χ1n) is 8.43.